The van der Waals surface area contributed by atoms with E-state index in [2.05, 4.69) is 17.5 Å². The van der Waals surface area contributed by atoms with Crippen molar-refractivity contribution in [2.75, 3.05) is 0 Å². The molecule has 1 fully saturated rings. The van der Waals surface area contributed by atoms with Gasteiger partial charge in [0.1, 0.15) is 6.04 Å². The van der Waals surface area contributed by atoms with Crippen LogP contribution in [0.5, 0.6) is 0 Å². The van der Waals surface area contributed by atoms with Gasteiger partial charge in [-0.15, -0.1) is 0 Å². The van der Waals surface area contributed by atoms with Crippen LogP contribution in [-0.4, -0.2) is 18.2 Å². The Morgan fingerprint density at radius 1 is 1.54 bits per heavy atom. The molecule has 0 saturated heterocycles. The normalized spacial score (nSPS) is 28.4. The predicted molar refractivity (Wildman–Crippen MR) is 49.1 cm³/mol. The first-order chi connectivity index (χ1) is 6.11. The molecule has 0 bridgehead atoms. The lowest BCUT2D eigenvalue weighted by molar-refractivity contribution is 0.107. The Hall–Kier alpha value is -0.670. The Bertz CT molecular complexity index is 192. The molecule has 0 amide bonds. The van der Waals surface area contributed by atoms with Crippen molar-refractivity contribution in [3.05, 3.63) is 0 Å². The number of nitrogens with zero attached hydrogens (tertiary/aromatic N) is 1. The Balaban J connectivity index is 2.38. The van der Waals surface area contributed by atoms with Crippen molar-refractivity contribution in [2.24, 2.45) is 11.0 Å². The lowest BCUT2D eigenvalue weighted by atomic mass is 10.1. The third kappa shape index (κ3) is 2.94. The molecule has 2 atom stereocenters. The van der Waals surface area contributed by atoms with Gasteiger partial charge in [-0.25, -0.2) is 8.78 Å². The van der Waals surface area contributed by atoms with Crippen molar-refractivity contribution >= 4 is 5.71 Å². The van der Waals surface area contributed by atoms with Gasteiger partial charge in [0.05, 0.1) is 0 Å². The van der Waals surface area contributed by atoms with Crippen molar-refractivity contribution in [1.82, 2.24) is 5.43 Å². The van der Waals surface area contributed by atoms with Gasteiger partial charge in [-0.05, 0) is 32.1 Å². The zero-order chi connectivity index (χ0) is 9.84. The molecule has 1 rings (SSSR count). The molecule has 0 aromatic heterocycles. The van der Waals surface area contributed by atoms with Crippen molar-refractivity contribution in [3.63, 3.8) is 0 Å². The summed E-state index contributed by atoms with van der Waals surface area (Å²) in [5.74, 6) is 0.456. The van der Waals surface area contributed by atoms with Crippen LogP contribution in [-0.2, 0) is 0 Å². The van der Waals surface area contributed by atoms with Crippen LogP contribution in [0.25, 0.3) is 0 Å². The van der Waals surface area contributed by atoms with E-state index in [1.165, 1.54) is 6.92 Å². The molecule has 2 unspecified atom stereocenters. The van der Waals surface area contributed by atoms with Crippen LogP contribution in [0, 0.1) is 5.92 Å². The van der Waals surface area contributed by atoms with Crippen molar-refractivity contribution in [3.8, 4) is 0 Å². The molecular formula is C9H16F2N2. The lowest BCUT2D eigenvalue weighted by Crippen LogP contribution is -2.29. The number of hydrogen-bond acceptors (Lipinski definition) is 2. The number of rotatable bonds is 3. The number of halogens is 2. The third-order valence-corrected chi connectivity index (χ3v) is 2.43. The molecule has 0 aliphatic heterocycles. The van der Waals surface area contributed by atoms with Gasteiger partial charge in [0.25, 0.3) is 6.43 Å². The zero-order valence-corrected chi connectivity index (χ0v) is 8.06. The minimum absolute atomic E-state index is 0.456. The maximum Gasteiger partial charge on any atom is 0.259 e. The van der Waals surface area contributed by atoms with E-state index >= 15 is 0 Å². The van der Waals surface area contributed by atoms with E-state index in [0.29, 0.717) is 5.92 Å². The molecule has 1 aliphatic carbocycles. The summed E-state index contributed by atoms with van der Waals surface area (Å²) in [6.07, 6.45) is 0.861. The largest absolute Gasteiger partial charge is 0.302 e. The highest BCUT2D eigenvalue weighted by Crippen LogP contribution is 2.21. The van der Waals surface area contributed by atoms with E-state index in [9.17, 15) is 8.78 Å². The summed E-state index contributed by atoms with van der Waals surface area (Å²) in [4.78, 5) is 0. The van der Waals surface area contributed by atoms with Crippen molar-refractivity contribution in [1.29, 1.82) is 0 Å². The maximum atomic E-state index is 12.1. The van der Waals surface area contributed by atoms with E-state index in [0.717, 1.165) is 25.0 Å². The number of hydrogen-bond donors (Lipinski definition) is 1. The van der Waals surface area contributed by atoms with E-state index in [1.54, 1.807) is 0 Å². The Labute approximate surface area is 77.4 Å². The van der Waals surface area contributed by atoms with E-state index in [-0.39, 0.29) is 0 Å². The molecule has 4 heteroatoms. The molecule has 1 N–H and O–H groups in total. The lowest BCUT2D eigenvalue weighted by Gasteiger charge is -2.11. The fourth-order valence-electron chi connectivity index (χ4n) is 1.41. The predicted octanol–water partition coefficient (Wildman–Crippen LogP) is 2.41. The summed E-state index contributed by atoms with van der Waals surface area (Å²) in [6, 6.07) is -0.847. The van der Waals surface area contributed by atoms with E-state index in [1.807, 2.05) is 0 Å². The summed E-state index contributed by atoms with van der Waals surface area (Å²) in [7, 11) is 0. The summed E-state index contributed by atoms with van der Waals surface area (Å²) in [6.45, 7) is 3.52. The average Bonchev–Trinajstić information content (AvgIpc) is 2.47. The summed E-state index contributed by atoms with van der Waals surface area (Å²) < 4.78 is 24.1. The van der Waals surface area contributed by atoms with Gasteiger partial charge in [-0.3, -0.25) is 0 Å². The quantitative estimate of drug-likeness (QED) is 0.679. The Morgan fingerprint density at radius 3 is 2.69 bits per heavy atom. The van der Waals surface area contributed by atoms with Crippen LogP contribution in [0.4, 0.5) is 8.78 Å². The Morgan fingerprint density at radius 2 is 2.23 bits per heavy atom. The maximum absolute atomic E-state index is 12.1. The molecule has 76 valence electrons. The Kier molecular flexibility index (Phi) is 3.63. The monoisotopic (exact) mass is 190 g/mol. The number of alkyl halides is 2. The fourth-order valence-corrected chi connectivity index (χ4v) is 1.41. The molecule has 2 nitrogen and oxygen atoms in total. The molecular weight excluding hydrogens is 174 g/mol. The first-order valence-electron chi connectivity index (χ1n) is 4.71. The van der Waals surface area contributed by atoms with Crippen LogP contribution < -0.4 is 5.43 Å². The van der Waals surface area contributed by atoms with E-state index in [4.69, 9.17) is 0 Å². The van der Waals surface area contributed by atoms with Gasteiger partial charge in [-0.1, -0.05) is 6.92 Å². The second-order valence-electron chi connectivity index (χ2n) is 3.65. The summed E-state index contributed by atoms with van der Waals surface area (Å²) in [5.41, 5.74) is 3.53. The highest BCUT2D eigenvalue weighted by atomic mass is 19.3. The minimum atomic E-state index is -2.35. The molecule has 0 spiro atoms. The van der Waals surface area contributed by atoms with Crippen LogP contribution in [0.1, 0.15) is 33.1 Å². The van der Waals surface area contributed by atoms with Crippen molar-refractivity contribution in [2.45, 2.75) is 45.6 Å². The standard InChI is InChI=1S/C9H16F2N2/c1-6-4-3-5-8(6)13-12-7(2)9(10)11/h6-7,9,12H,3-5H2,1-2H3/b13-8+. The van der Waals surface area contributed by atoms with Gasteiger partial charge in [0.2, 0.25) is 0 Å². The summed E-state index contributed by atoms with van der Waals surface area (Å²) >= 11 is 0. The smallest absolute Gasteiger partial charge is 0.259 e. The first-order valence-corrected chi connectivity index (χ1v) is 4.71. The first kappa shape index (κ1) is 10.4. The fraction of sp³-hybridized carbons (Fsp3) is 0.889. The third-order valence-electron chi connectivity index (χ3n) is 2.43. The molecule has 13 heavy (non-hydrogen) atoms. The van der Waals surface area contributed by atoms with Gasteiger partial charge in [-0.2, -0.15) is 5.10 Å². The van der Waals surface area contributed by atoms with Gasteiger partial charge in [0.15, 0.2) is 0 Å². The molecule has 0 heterocycles. The minimum Gasteiger partial charge on any atom is -0.302 e. The molecule has 0 aromatic carbocycles. The van der Waals surface area contributed by atoms with Crippen molar-refractivity contribution < 1.29 is 8.78 Å². The molecule has 0 aromatic rings. The second kappa shape index (κ2) is 4.53. The van der Waals surface area contributed by atoms with Crippen LogP contribution in [0.2, 0.25) is 0 Å². The zero-order valence-electron chi connectivity index (χ0n) is 8.06. The molecule has 1 saturated carbocycles. The van der Waals surface area contributed by atoms with Gasteiger partial charge < -0.3 is 5.43 Å². The highest BCUT2D eigenvalue weighted by molar-refractivity contribution is 5.87. The van der Waals surface area contributed by atoms with Crippen LogP contribution >= 0.6 is 0 Å². The van der Waals surface area contributed by atoms with Gasteiger partial charge >= 0.3 is 0 Å². The molecule has 0 radical (unpaired) electrons. The van der Waals surface area contributed by atoms with Crippen LogP contribution in [0.15, 0.2) is 5.10 Å². The molecule has 1 aliphatic rings. The van der Waals surface area contributed by atoms with E-state index < -0.39 is 12.5 Å². The number of nitrogens with one attached hydrogen (secondary N) is 1. The van der Waals surface area contributed by atoms with Crippen LogP contribution in [0.3, 0.4) is 0 Å². The average molecular weight is 190 g/mol. The highest BCUT2D eigenvalue weighted by Gasteiger charge is 2.19. The topological polar surface area (TPSA) is 24.4 Å². The summed E-state index contributed by atoms with van der Waals surface area (Å²) in [5, 5.41) is 4.01. The SMILES string of the molecule is CC1CCC/C1=N\NC(C)C(F)F. The number of hydrazone groups is 1. The second-order valence-corrected chi connectivity index (χ2v) is 3.65. The van der Waals surface area contributed by atoms with Gasteiger partial charge in [0, 0.05) is 5.71 Å².